The van der Waals surface area contributed by atoms with Crippen molar-refractivity contribution in [2.75, 3.05) is 41.2 Å². The fourth-order valence-electron chi connectivity index (χ4n) is 6.02. The molecule has 3 rings (SSSR count). The highest BCUT2D eigenvalue weighted by atomic mass is 32.3. The van der Waals surface area contributed by atoms with Crippen LogP contribution >= 0.6 is 49.3 Å². The van der Waals surface area contributed by atoms with Gasteiger partial charge in [0.1, 0.15) is 61.0 Å². The van der Waals surface area contributed by atoms with Crippen LogP contribution in [0, 0.1) is 0 Å². The normalized spacial score (nSPS) is 32.9. The summed E-state index contributed by atoms with van der Waals surface area (Å²) < 4.78 is 241. The van der Waals surface area contributed by atoms with Crippen LogP contribution in [0.5, 0.6) is 0 Å². The monoisotopic (exact) mass is 1180 g/mol. The van der Waals surface area contributed by atoms with Gasteiger partial charge in [-0.25, -0.2) is 33.7 Å². The second kappa shape index (κ2) is 30.5. The highest BCUT2D eigenvalue weighted by Crippen LogP contribution is 2.41. The molecule has 0 aromatic heterocycles. The molecule has 0 spiro atoms. The fraction of sp³-hybridized carbons (Fsp3) is 1.00. The molecule has 3 aliphatic rings. The SMILES string of the molecule is COC1[C@H](OC)OC(COS(=O)(=O)[O-])[C@@H](O[C@@H]2OC(COS(=O)(=O)[O-])[C@@H](O[C@H]3OC(COS(=O)(=O)[O-])[C@@H](OSOO[O-])C(OSOO[O-])C3OSOO[O-])C(OSOO[O-])C2OS(=O)(=O)[O-])[C@@H]1OC. The van der Waals surface area contributed by atoms with Crippen molar-refractivity contribution >= 4 is 90.9 Å². The van der Waals surface area contributed by atoms with Gasteiger partial charge in [-0.05, 0) is 0 Å². The van der Waals surface area contributed by atoms with Gasteiger partial charge in [-0.2, -0.15) is 0 Å². The Morgan fingerprint density at radius 3 is 1.09 bits per heavy atom. The average molecular weight is 1180 g/mol. The average Bonchev–Trinajstić information content (AvgIpc) is 3.26. The van der Waals surface area contributed by atoms with Gasteiger partial charge >= 0.3 is 0 Å². The fourth-order valence-corrected chi connectivity index (χ4v) is 8.85. The van der Waals surface area contributed by atoms with Gasteiger partial charge in [0.25, 0.3) is 0 Å². The van der Waals surface area contributed by atoms with Crippen molar-refractivity contribution in [2.24, 2.45) is 0 Å². The first-order chi connectivity index (χ1) is 32.4. The van der Waals surface area contributed by atoms with Crippen molar-refractivity contribution in [1.82, 2.24) is 0 Å². The lowest BCUT2D eigenvalue weighted by atomic mass is 9.96. The van der Waals surface area contributed by atoms with Gasteiger partial charge < -0.3 is 77.1 Å². The topological polar surface area (TPSA) is 543 Å². The first-order valence-electron chi connectivity index (χ1n) is 16.9. The summed E-state index contributed by atoms with van der Waals surface area (Å²) in [7, 11) is -20.1. The summed E-state index contributed by atoms with van der Waals surface area (Å²) in [5.41, 5.74) is 0. The zero-order valence-corrected chi connectivity index (χ0v) is 39.9. The Kier molecular flexibility index (Phi) is 27.9. The standard InChI is InChI=1S/C21H38O40S8/c1-38-13-10(7(4-41-66(26,27)28)44-19(40-3)16(13)39-2)47-21-18(53-69(35,36)37)14(50-63-59-55-23)11(8(45-21)5-42-67(29,30)31)48-20-17(52-65-61-57-25)15(51-64-60-56-24)12(49-62-58-54-22)9(46-20)6-43-68(32,33)34/h7-25H,4-6H2,1-3H3,(H,26,27,28)(H,29,30,31)(H,32,33,34)(H,35,36,37)/p-8/t7?,8?,9?,10-,11-,12-,13+,14?,15?,16?,17?,18?,19-,20-,21+/m1/s1. The van der Waals surface area contributed by atoms with Gasteiger partial charge in [0.05, 0.1) is 19.8 Å². The van der Waals surface area contributed by atoms with Crippen LogP contribution in [-0.4, -0.2) is 185 Å². The molecule has 69 heavy (non-hydrogen) atoms. The van der Waals surface area contributed by atoms with Crippen molar-refractivity contribution in [1.29, 1.82) is 0 Å². The van der Waals surface area contributed by atoms with Crippen LogP contribution in [0.25, 0.3) is 0 Å². The van der Waals surface area contributed by atoms with Gasteiger partial charge in [-0.15, -0.1) is 17.3 Å². The van der Waals surface area contributed by atoms with E-state index in [1.54, 1.807) is 0 Å². The van der Waals surface area contributed by atoms with Crippen LogP contribution in [0.2, 0.25) is 0 Å². The molecule has 0 aromatic carbocycles. The molecule has 8 unspecified atom stereocenters. The maximum atomic E-state index is 12.4. The number of ether oxygens (including phenoxy) is 8. The van der Waals surface area contributed by atoms with E-state index >= 15 is 0 Å². The molecule has 3 saturated heterocycles. The van der Waals surface area contributed by atoms with Crippen molar-refractivity contribution in [2.45, 2.75) is 92.1 Å². The van der Waals surface area contributed by atoms with Crippen molar-refractivity contribution < 1.29 is 182 Å². The molecule has 410 valence electrons. The van der Waals surface area contributed by atoms with Crippen LogP contribution in [0.1, 0.15) is 0 Å². The summed E-state index contributed by atoms with van der Waals surface area (Å²) in [6, 6.07) is 0. The predicted octanol–water partition coefficient (Wildman–Crippen LogP) is -8.43. The molecule has 48 heteroatoms. The molecule has 15 atom stereocenters. The minimum absolute atomic E-state index is 0.373. The van der Waals surface area contributed by atoms with Crippen LogP contribution in [0.15, 0.2) is 0 Å². The second-order valence-electron chi connectivity index (χ2n) is 12.1. The van der Waals surface area contributed by atoms with E-state index < -0.39 is 191 Å². The maximum Gasteiger partial charge on any atom is 0.218 e. The quantitative estimate of drug-likeness (QED) is 0.0144. The molecule has 0 N–H and O–H groups in total. The summed E-state index contributed by atoms with van der Waals surface area (Å²) in [5.74, 6) is 0. The molecule has 0 amide bonds. The number of hydrogen-bond acceptors (Lipinski definition) is 44. The molecular formula is C21H30O40S8-8. The second-order valence-corrected chi connectivity index (χ2v) is 18.1. The summed E-state index contributed by atoms with van der Waals surface area (Å²) in [6.45, 7) is -4.37. The minimum Gasteiger partial charge on any atom is -0.726 e. The molecule has 3 heterocycles. The van der Waals surface area contributed by atoms with E-state index in [2.05, 4.69) is 54.2 Å². The number of methoxy groups -OCH3 is 3. The molecule has 0 aliphatic carbocycles. The minimum atomic E-state index is -6.13. The van der Waals surface area contributed by atoms with Crippen LogP contribution in [-0.2, 0) is 150 Å². The third-order valence-electron chi connectivity index (χ3n) is 8.32. The Labute approximate surface area is 404 Å². The first kappa shape index (κ1) is 63.2. The summed E-state index contributed by atoms with van der Waals surface area (Å²) >= 11 is -1.76. The molecular weight excluding hydrogens is 1150 g/mol. The van der Waals surface area contributed by atoms with Crippen molar-refractivity contribution in [3.05, 3.63) is 0 Å². The highest BCUT2D eigenvalue weighted by molar-refractivity contribution is 7.90. The van der Waals surface area contributed by atoms with E-state index in [0.29, 0.717) is 0 Å². The van der Waals surface area contributed by atoms with Crippen LogP contribution < -0.4 is 21.0 Å². The Bertz CT molecular complexity index is 1920. The maximum absolute atomic E-state index is 12.4. The zero-order valence-electron chi connectivity index (χ0n) is 33.4. The third-order valence-corrected chi connectivity index (χ3v) is 11.7. The molecule has 0 radical (unpaired) electrons. The van der Waals surface area contributed by atoms with Crippen LogP contribution in [0.3, 0.4) is 0 Å². The Morgan fingerprint density at radius 2 is 0.725 bits per heavy atom. The molecule has 40 nitrogen and oxygen atoms in total. The lowest BCUT2D eigenvalue weighted by molar-refractivity contribution is -0.778. The highest BCUT2D eigenvalue weighted by Gasteiger charge is 2.58. The smallest absolute Gasteiger partial charge is 0.218 e. The van der Waals surface area contributed by atoms with E-state index in [9.17, 15) is 72.9 Å². The van der Waals surface area contributed by atoms with Crippen LogP contribution in [0.4, 0.5) is 0 Å². The van der Waals surface area contributed by atoms with E-state index in [0.717, 1.165) is 21.3 Å². The van der Waals surface area contributed by atoms with Crippen molar-refractivity contribution in [3.63, 3.8) is 0 Å². The first-order valence-corrected chi connectivity index (χ1v) is 24.9. The lowest BCUT2D eigenvalue weighted by Crippen LogP contribution is -2.68. The van der Waals surface area contributed by atoms with Gasteiger partial charge in [-0.1, -0.05) is 0 Å². The number of hydrogen-bond donors (Lipinski definition) is 0. The molecule has 3 fully saturated rings. The lowest BCUT2D eigenvalue weighted by Gasteiger charge is -2.50. The predicted molar refractivity (Wildman–Crippen MR) is 184 cm³/mol. The summed E-state index contributed by atoms with van der Waals surface area (Å²) in [6.07, 6.45) is -32.7. The summed E-state index contributed by atoms with van der Waals surface area (Å²) in [5, 5.41) is 55.3. The van der Waals surface area contributed by atoms with Gasteiger partial charge in [0, 0.05) is 21.3 Å². The zero-order chi connectivity index (χ0) is 51.6. The Balaban J connectivity index is 2.31. The van der Waals surface area contributed by atoms with Gasteiger partial charge in [0.15, 0.2) is 80.4 Å². The number of rotatable bonds is 34. The van der Waals surface area contributed by atoms with Gasteiger partial charge in [0.2, 0.25) is 41.6 Å². The molecule has 0 aromatic rings. The van der Waals surface area contributed by atoms with E-state index in [1.165, 1.54) is 0 Å². The van der Waals surface area contributed by atoms with Gasteiger partial charge in [-0.3, -0.25) is 53.6 Å². The third kappa shape index (κ3) is 21.6. The molecule has 0 bridgehead atoms. The molecule has 3 aliphatic heterocycles. The Hall–Kier alpha value is -0.0800. The summed E-state index contributed by atoms with van der Waals surface area (Å²) in [4.78, 5) is 0. The molecule has 0 saturated carbocycles. The van der Waals surface area contributed by atoms with E-state index in [4.69, 9.17) is 54.6 Å². The van der Waals surface area contributed by atoms with E-state index in [1.807, 2.05) is 0 Å². The largest absolute Gasteiger partial charge is 0.726 e. The Morgan fingerprint density at radius 1 is 0.391 bits per heavy atom. The van der Waals surface area contributed by atoms with Crippen molar-refractivity contribution in [3.8, 4) is 0 Å². The van der Waals surface area contributed by atoms with E-state index in [-0.39, 0.29) is 12.3 Å².